The molecule has 4 heterocycles. The first-order valence-electron chi connectivity index (χ1n) is 9.13. The van der Waals surface area contributed by atoms with Gasteiger partial charge in [0, 0.05) is 41.7 Å². The van der Waals surface area contributed by atoms with Crippen molar-refractivity contribution in [1.82, 2.24) is 20.7 Å². The van der Waals surface area contributed by atoms with Crippen molar-refractivity contribution in [3.05, 3.63) is 59.2 Å². The van der Waals surface area contributed by atoms with Gasteiger partial charge in [0.05, 0.1) is 6.04 Å². The molecule has 1 aromatic carbocycles. The second-order valence-corrected chi connectivity index (χ2v) is 7.22. The number of carbonyl (C=O) groups is 1. The Hall–Kier alpha value is -2.57. The standard InChI is InChI=1S/C20H22N4O2/c1-12-6-7-19(26-12)17-10-18(23-22-17)20(25)24-9-8-16-14(11-24)13-4-2-3-5-15(13)21-16/h2-7,17-18,21-23H,8-11H2,1H3. The van der Waals surface area contributed by atoms with E-state index >= 15 is 0 Å². The number of aromatic nitrogens is 1. The number of furan rings is 1. The number of nitrogens with one attached hydrogen (secondary N) is 3. The number of hydrazine groups is 1. The van der Waals surface area contributed by atoms with Crippen LogP contribution >= 0.6 is 0 Å². The van der Waals surface area contributed by atoms with E-state index in [0.717, 1.165) is 30.0 Å². The van der Waals surface area contributed by atoms with Gasteiger partial charge >= 0.3 is 0 Å². The number of amides is 1. The number of aryl methyl sites for hydroxylation is 1. The summed E-state index contributed by atoms with van der Waals surface area (Å²) < 4.78 is 5.69. The minimum absolute atomic E-state index is 0.0334. The molecule has 1 fully saturated rings. The zero-order chi connectivity index (χ0) is 17.7. The topological polar surface area (TPSA) is 73.3 Å². The van der Waals surface area contributed by atoms with Gasteiger partial charge in [-0.05, 0) is 31.5 Å². The van der Waals surface area contributed by atoms with Gasteiger partial charge in [-0.2, -0.15) is 0 Å². The molecule has 6 heteroatoms. The smallest absolute Gasteiger partial charge is 0.241 e. The van der Waals surface area contributed by atoms with Gasteiger partial charge in [0.1, 0.15) is 17.6 Å². The predicted molar refractivity (Wildman–Crippen MR) is 98.3 cm³/mol. The maximum absolute atomic E-state index is 13.0. The molecule has 6 nitrogen and oxygen atoms in total. The maximum atomic E-state index is 13.0. The molecule has 3 aromatic rings. The molecule has 0 radical (unpaired) electrons. The van der Waals surface area contributed by atoms with Gasteiger partial charge in [-0.15, -0.1) is 0 Å². The normalized spacial score (nSPS) is 22.7. The SMILES string of the molecule is Cc1ccc(C2CC(C(=O)N3CCc4[nH]c5ccccc5c4C3)NN2)o1. The van der Waals surface area contributed by atoms with Crippen LogP contribution in [0.25, 0.3) is 10.9 Å². The Bertz CT molecular complexity index is 973. The second kappa shape index (κ2) is 6.00. The number of hydrogen-bond acceptors (Lipinski definition) is 4. The predicted octanol–water partition coefficient (Wildman–Crippen LogP) is 2.56. The Balaban J connectivity index is 1.32. The number of fused-ring (bicyclic) bond motifs is 3. The van der Waals surface area contributed by atoms with Crippen LogP contribution in [0.2, 0.25) is 0 Å². The number of carbonyl (C=O) groups excluding carboxylic acids is 1. The molecule has 1 amide bonds. The van der Waals surface area contributed by atoms with Crippen molar-refractivity contribution >= 4 is 16.8 Å². The highest BCUT2D eigenvalue weighted by Crippen LogP contribution is 2.29. The molecule has 2 unspecified atom stereocenters. The lowest BCUT2D eigenvalue weighted by molar-refractivity contribution is -0.134. The van der Waals surface area contributed by atoms with Gasteiger partial charge in [0.15, 0.2) is 0 Å². The number of para-hydroxylation sites is 1. The van der Waals surface area contributed by atoms with Crippen molar-refractivity contribution in [3.8, 4) is 0 Å². The molecule has 1 saturated heterocycles. The van der Waals surface area contributed by atoms with Crippen LogP contribution in [0.4, 0.5) is 0 Å². The average molecular weight is 350 g/mol. The average Bonchev–Trinajstić information content (AvgIpc) is 3.38. The quantitative estimate of drug-likeness (QED) is 0.664. The van der Waals surface area contributed by atoms with Crippen molar-refractivity contribution in [1.29, 1.82) is 0 Å². The summed E-state index contributed by atoms with van der Waals surface area (Å²) in [7, 11) is 0. The molecule has 2 atom stereocenters. The van der Waals surface area contributed by atoms with Crippen molar-refractivity contribution in [2.24, 2.45) is 0 Å². The van der Waals surface area contributed by atoms with Gasteiger partial charge in [0.25, 0.3) is 0 Å². The summed E-state index contributed by atoms with van der Waals surface area (Å²) in [6.07, 6.45) is 1.57. The number of rotatable bonds is 2. The van der Waals surface area contributed by atoms with Crippen LogP contribution in [0.3, 0.4) is 0 Å². The highest BCUT2D eigenvalue weighted by atomic mass is 16.3. The lowest BCUT2D eigenvalue weighted by atomic mass is 10.0. The third kappa shape index (κ3) is 2.53. The van der Waals surface area contributed by atoms with E-state index < -0.39 is 0 Å². The van der Waals surface area contributed by atoms with E-state index in [2.05, 4.69) is 34.0 Å². The highest BCUT2D eigenvalue weighted by molar-refractivity contribution is 5.87. The van der Waals surface area contributed by atoms with E-state index in [1.54, 1.807) is 0 Å². The van der Waals surface area contributed by atoms with Gasteiger partial charge in [0.2, 0.25) is 5.91 Å². The fourth-order valence-corrected chi connectivity index (χ4v) is 4.12. The Morgan fingerprint density at radius 2 is 2.08 bits per heavy atom. The lowest BCUT2D eigenvalue weighted by Gasteiger charge is -2.29. The van der Waals surface area contributed by atoms with E-state index in [9.17, 15) is 4.79 Å². The summed E-state index contributed by atoms with van der Waals surface area (Å²) in [4.78, 5) is 18.5. The van der Waals surface area contributed by atoms with Crippen LogP contribution < -0.4 is 10.9 Å². The summed E-state index contributed by atoms with van der Waals surface area (Å²) in [5.74, 6) is 1.92. The summed E-state index contributed by atoms with van der Waals surface area (Å²) in [6, 6.07) is 12.0. The molecule has 5 rings (SSSR count). The fourth-order valence-electron chi connectivity index (χ4n) is 4.12. The first-order chi connectivity index (χ1) is 12.7. The molecule has 2 aliphatic heterocycles. The number of H-pyrrole nitrogens is 1. The molecule has 26 heavy (non-hydrogen) atoms. The van der Waals surface area contributed by atoms with Gasteiger partial charge in [-0.25, -0.2) is 10.9 Å². The van der Waals surface area contributed by atoms with Crippen LogP contribution in [0.15, 0.2) is 40.8 Å². The summed E-state index contributed by atoms with van der Waals surface area (Å²) >= 11 is 0. The summed E-state index contributed by atoms with van der Waals surface area (Å²) in [6.45, 7) is 3.35. The molecule has 0 spiro atoms. The second-order valence-electron chi connectivity index (χ2n) is 7.22. The van der Waals surface area contributed by atoms with Crippen LogP contribution in [-0.2, 0) is 17.8 Å². The molecule has 134 valence electrons. The highest BCUT2D eigenvalue weighted by Gasteiger charge is 2.35. The van der Waals surface area contributed by atoms with Crippen LogP contribution in [-0.4, -0.2) is 28.4 Å². The number of aromatic amines is 1. The van der Waals surface area contributed by atoms with Gasteiger partial charge in [-0.3, -0.25) is 4.79 Å². The van der Waals surface area contributed by atoms with Crippen LogP contribution in [0.5, 0.6) is 0 Å². The van der Waals surface area contributed by atoms with Crippen molar-refractivity contribution in [2.75, 3.05) is 6.54 Å². The monoisotopic (exact) mass is 350 g/mol. The van der Waals surface area contributed by atoms with E-state index in [4.69, 9.17) is 4.42 Å². The molecule has 0 saturated carbocycles. The zero-order valence-corrected chi connectivity index (χ0v) is 14.7. The van der Waals surface area contributed by atoms with E-state index in [0.29, 0.717) is 13.0 Å². The first kappa shape index (κ1) is 15.7. The Labute approximate surface area is 151 Å². The molecular formula is C20H22N4O2. The largest absolute Gasteiger partial charge is 0.465 e. The molecule has 2 aromatic heterocycles. The first-order valence-corrected chi connectivity index (χ1v) is 9.13. The van der Waals surface area contributed by atoms with Crippen LogP contribution in [0, 0.1) is 6.92 Å². The van der Waals surface area contributed by atoms with Crippen molar-refractivity contribution in [3.63, 3.8) is 0 Å². The summed E-state index contributed by atoms with van der Waals surface area (Å²) in [5.41, 5.74) is 10.0. The molecule has 2 aliphatic rings. The lowest BCUT2D eigenvalue weighted by Crippen LogP contribution is -2.47. The van der Waals surface area contributed by atoms with Gasteiger partial charge in [-0.1, -0.05) is 18.2 Å². The van der Waals surface area contributed by atoms with Crippen molar-refractivity contribution in [2.45, 2.75) is 38.4 Å². The Morgan fingerprint density at radius 3 is 2.92 bits per heavy atom. The molecule has 0 aliphatic carbocycles. The minimum atomic E-state index is -0.225. The van der Waals surface area contributed by atoms with Gasteiger partial charge < -0.3 is 14.3 Å². The number of hydrogen-bond donors (Lipinski definition) is 3. The minimum Gasteiger partial charge on any atom is -0.465 e. The third-order valence-corrected chi connectivity index (χ3v) is 5.50. The zero-order valence-electron chi connectivity index (χ0n) is 14.7. The maximum Gasteiger partial charge on any atom is 0.241 e. The van der Waals surface area contributed by atoms with Crippen molar-refractivity contribution < 1.29 is 9.21 Å². The fraction of sp³-hybridized carbons (Fsp3) is 0.350. The van der Waals surface area contributed by atoms with E-state index in [1.807, 2.05) is 30.0 Å². The molecular weight excluding hydrogens is 328 g/mol. The molecule has 3 N–H and O–H groups in total. The summed E-state index contributed by atoms with van der Waals surface area (Å²) in [5, 5.41) is 1.22. The Morgan fingerprint density at radius 1 is 1.19 bits per heavy atom. The number of benzene rings is 1. The number of nitrogens with zero attached hydrogens (tertiary/aromatic N) is 1. The Kier molecular flexibility index (Phi) is 3.62. The van der Waals surface area contributed by atoms with E-state index in [-0.39, 0.29) is 18.0 Å². The van der Waals surface area contributed by atoms with Crippen LogP contribution in [0.1, 0.15) is 35.2 Å². The molecule has 0 bridgehead atoms. The van der Waals surface area contributed by atoms with E-state index in [1.165, 1.54) is 16.6 Å². The third-order valence-electron chi connectivity index (χ3n) is 5.50.